The van der Waals surface area contributed by atoms with Gasteiger partial charge in [0.25, 0.3) is 0 Å². The van der Waals surface area contributed by atoms with Crippen molar-refractivity contribution in [2.24, 2.45) is 101 Å². The molecule has 4 aromatic rings. The largest absolute Gasteiger partial charge is 0.491 e. The lowest BCUT2D eigenvalue weighted by molar-refractivity contribution is -0.169. The summed E-state index contributed by atoms with van der Waals surface area (Å²) < 4.78 is 88.5. The molecule has 8 saturated carbocycles. The van der Waals surface area contributed by atoms with Gasteiger partial charge in [-0.25, -0.2) is 20.0 Å². The quantitative estimate of drug-likeness (QED) is 0.0106. The number of nitrogens with two attached hydrogens (primary N) is 8. The van der Waals surface area contributed by atoms with Gasteiger partial charge in [-0.15, -0.1) is 0 Å². The van der Waals surface area contributed by atoms with Gasteiger partial charge in [0.15, 0.2) is 23.8 Å². The average Bonchev–Trinajstić information content (AvgIpc) is 0.787. The first-order chi connectivity index (χ1) is 49.6. The van der Waals surface area contributed by atoms with Gasteiger partial charge in [0, 0.05) is 83.4 Å². The first kappa shape index (κ1) is 75.9. The van der Waals surface area contributed by atoms with Crippen LogP contribution in [0.2, 0.25) is 0 Å². The first-order valence-electron chi connectivity index (χ1n) is 37.0. The number of hydrogen-bond donors (Lipinski definition) is 8. The van der Waals surface area contributed by atoms with Crippen LogP contribution in [-0.4, -0.2) is 180 Å². The monoisotopic (exact) mass is 1420 g/mol. The van der Waals surface area contributed by atoms with Crippen LogP contribution in [0.25, 0.3) is 0 Å². The van der Waals surface area contributed by atoms with Crippen LogP contribution in [0.15, 0.2) is 68.5 Å². The van der Waals surface area contributed by atoms with Gasteiger partial charge in [-0.2, -0.15) is 0 Å². The third-order valence-electron chi connectivity index (χ3n) is 20.5. The van der Waals surface area contributed by atoms with Crippen LogP contribution in [-0.2, 0) is 73.1 Å². The zero-order chi connectivity index (χ0) is 71.3. The molecule has 26 heteroatoms. The van der Waals surface area contributed by atoms with Crippen LogP contribution in [0.1, 0.15) is 135 Å². The summed E-state index contributed by atoms with van der Waals surface area (Å²) in [5.74, 6) is 6.53. The summed E-state index contributed by atoms with van der Waals surface area (Å²) in [5, 5.41) is 0. The number of benzene rings is 4. The van der Waals surface area contributed by atoms with E-state index in [9.17, 15) is 0 Å². The van der Waals surface area contributed by atoms with Gasteiger partial charge in [0.1, 0.15) is 49.4 Å². The molecule has 102 heavy (non-hydrogen) atoms. The Labute approximate surface area is 600 Å². The smallest absolute Gasteiger partial charge is 0.191 e. The van der Waals surface area contributed by atoms with Crippen molar-refractivity contribution in [1.82, 2.24) is 0 Å². The summed E-state index contributed by atoms with van der Waals surface area (Å²) in [7, 11) is 0. The lowest BCUT2D eigenvalue weighted by atomic mass is 9.54. The Morgan fingerprint density at radius 3 is 0.667 bits per heavy atom. The highest BCUT2D eigenvalue weighted by Crippen LogP contribution is 2.58. The predicted octanol–water partition coefficient (Wildman–Crippen LogP) is 7.64. The summed E-state index contributed by atoms with van der Waals surface area (Å²) in [4.78, 5) is 18.5. The number of nitrogens with zero attached hydrogens (tertiary/aromatic N) is 4. The zero-order valence-electron chi connectivity index (χ0n) is 60.1. The van der Waals surface area contributed by atoms with Gasteiger partial charge in [0.2, 0.25) is 0 Å². The molecular formula is C76H112N12O14. The van der Waals surface area contributed by atoms with E-state index in [0.29, 0.717) is 196 Å². The van der Waals surface area contributed by atoms with E-state index in [2.05, 4.69) is 20.0 Å². The Hall–Kier alpha value is -7.24. The molecule has 0 saturated heterocycles. The second kappa shape index (κ2) is 37.5. The van der Waals surface area contributed by atoms with Gasteiger partial charge in [-0.05, 0) is 175 Å². The second-order valence-electron chi connectivity index (χ2n) is 28.6. The van der Waals surface area contributed by atoms with Gasteiger partial charge >= 0.3 is 0 Å². The highest BCUT2D eigenvalue weighted by molar-refractivity contribution is 5.82. The van der Waals surface area contributed by atoms with Crippen LogP contribution < -0.4 is 64.8 Å². The fourth-order valence-corrected chi connectivity index (χ4v) is 17.6. The topological polar surface area (TPSA) is 387 Å². The Balaban J connectivity index is 0.844. The van der Waals surface area contributed by atoms with E-state index in [0.717, 1.165) is 35.5 Å². The summed E-state index contributed by atoms with van der Waals surface area (Å²) in [6, 6.07) is 15.0. The standard InChI is InChI=1S/C76H112N12O14/c1-3-89-13-19-97-67-55-31-59-39-65(87-73(81)82)41-61(69(59)99-21-15-93-9-5-91-7-11-95-17-23-101-75-43-49-25-50(44-75)27-51(26-49)45-75)33-57-37-64(86-72(79)80)38-58(68(57)98-20-14-90-4-2)34-62-42-66(88-74(83)84)40-60(32-56(67)36-63(35-55)85-71(77)78)70(62)100-22-16-94-10-6-92-8-12-96-18-24-102-76-46-52-28-53(47-76)30-54(29-52)48-76/h35-42,49-54H,3-34,43-48H2,1-2H3,(H4,77,78,85)(H4,79,80,86)(H4,81,82,87)(H4,83,84,88). The van der Waals surface area contributed by atoms with Crippen LogP contribution in [0.4, 0.5) is 22.7 Å². The summed E-state index contributed by atoms with van der Waals surface area (Å²) in [5.41, 5.74) is 57.0. The Kier molecular flexibility index (Phi) is 27.9. The Bertz CT molecular complexity index is 3110. The molecule has 8 fully saturated rings. The number of ether oxygens (including phenoxy) is 14. The third kappa shape index (κ3) is 21.9. The van der Waals surface area contributed by atoms with Crippen molar-refractivity contribution in [3.63, 3.8) is 0 Å². The molecule has 0 aromatic heterocycles. The molecule has 0 aliphatic heterocycles. The minimum absolute atomic E-state index is 0.0670. The molecule has 4 aromatic carbocycles. The average molecular weight is 1420 g/mol. The van der Waals surface area contributed by atoms with Crippen molar-refractivity contribution in [3.8, 4) is 23.0 Å². The SMILES string of the molecule is CCOCCOc1c2cc(N=C(N)N)cc1Cc1cc(N=C(N)N)cc(c1OCCOCCOCCOCCOC13CC4CC(CC(C4)C1)C3)Cc1cc(N=C(N)N)cc(c1OCCOCC)Cc1cc(N=C(N)N)cc(c1OCCOCCOCCOCCOC13CC4CC(CC(C4)C1)C3)C2. The maximum Gasteiger partial charge on any atom is 0.191 e. The number of hydrogen-bond acceptors (Lipinski definition) is 18. The molecule has 13 rings (SSSR count). The van der Waals surface area contributed by atoms with Gasteiger partial charge < -0.3 is 112 Å². The summed E-state index contributed by atoms with van der Waals surface area (Å²) in [6.45, 7) is 12.0. The number of rotatable bonds is 42. The number of guanidine groups is 4. The van der Waals surface area contributed by atoms with E-state index in [-0.39, 0.29) is 100 Å². The normalized spacial score (nSPS) is 22.6. The minimum Gasteiger partial charge on any atom is -0.491 e. The van der Waals surface area contributed by atoms with Crippen LogP contribution >= 0.6 is 0 Å². The van der Waals surface area contributed by atoms with Gasteiger partial charge in [0.05, 0.1) is 140 Å². The maximum atomic E-state index is 6.95. The van der Waals surface area contributed by atoms with Crippen LogP contribution in [0.5, 0.6) is 23.0 Å². The summed E-state index contributed by atoms with van der Waals surface area (Å²) in [6.07, 6.45) is 16.3. The lowest BCUT2D eigenvalue weighted by Crippen LogP contribution is -2.52. The molecule has 0 amide bonds. The number of fused-ring (bicyclic) bond motifs is 8. The Morgan fingerprint density at radius 2 is 0.471 bits per heavy atom. The van der Waals surface area contributed by atoms with E-state index in [1.54, 1.807) is 0 Å². The molecule has 0 atom stereocenters. The van der Waals surface area contributed by atoms with Crippen LogP contribution in [0, 0.1) is 35.5 Å². The molecule has 16 N–H and O–H groups in total. The Morgan fingerprint density at radius 1 is 0.284 bits per heavy atom. The maximum absolute atomic E-state index is 6.95. The molecule has 0 unspecified atom stereocenters. The summed E-state index contributed by atoms with van der Waals surface area (Å²) >= 11 is 0. The van der Waals surface area contributed by atoms with Crippen molar-refractivity contribution < 1.29 is 66.3 Å². The predicted molar refractivity (Wildman–Crippen MR) is 392 cm³/mol. The molecule has 0 radical (unpaired) electrons. The third-order valence-corrected chi connectivity index (χ3v) is 20.5. The molecule has 26 nitrogen and oxygen atoms in total. The fraction of sp³-hybridized carbons (Fsp3) is 0.632. The van der Waals surface area contributed by atoms with E-state index in [1.807, 2.05) is 62.4 Å². The highest BCUT2D eigenvalue weighted by atomic mass is 16.6. The van der Waals surface area contributed by atoms with Crippen LogP contribution in [0.3, 0.4) is 0 Å². The zero-order valence-corrected chi connectivity index (χ0v) is 60.1. The minimum atomic E-state index is -0.154. The highest BCUT2D eigenvalue weighted by Gasteiger charge is 2.53. The molecule has 9 aliphatic rings. The molecule has 560 valence electrons. The van der Waals surface area contributed by atoms with Crippen molar-refractivity contribution in [2.45, 2.75) is 128 Å². The lowest BCUT2D eigenvalue weighted by Gasteiger charge is -2.56. The van der Waals surface area contributed by atoms with Crippen molar-refractivity contribution in [3.05, 3.63) is 93.0 Å². The van der Waals surface area contributed by atoms with E-state index >= 15 is 0 Å². The number of aliphatic imine (C=N–C) groups is 4. The van der Waals surface area contributed by atoms with Crippen molar-refractivity contribution in [1.29, 1.82) is 0 Å². The molecule has 0 heterocycles. The second-order valence-corrected chi connectivity index (χ2v) is 28.6. The fourth-order valence-electron chi connectivity index (χ4n) is 17.6. The molecule has 16 bridgehead atoms. The molecular weight excluding hydrogens is 1300 g/mol. The van der Waals surface area contributed by atoms with E-state index in [1.165, 1.54) is 77.0 Å². The molecule has 9 aliphatic carbocycles. The first-order valence-corrected chi connectivity index (χ1v) is 37.0. The van der Waals surface area contributed by atoms with E-state index in [4.69, 9.17) is 112 Å². The van der Waals surface area contributed by atoms with Gasteiger partial charge in [-0.1, -0.05) is 0 Å². The van der Waals surface area contributed by atoms with E-state index < -0.39 is 0 Å². The van der Waals surface area contributed by atoms with Gasteiger partial charge in [-0.3, -0.25) is 0 Å². The van der Waals surface area contributed by atoms with Crippen molar-refractivity contribution in [2.75, 3.05) is 145 Å². The molecule has 0 spiro atoms. The van der Waals surface area contributed by atoms with Crippen molar-refractivity contribution >= 4 is 46.6 Å².